The molecule has 6 nitrogen and oxygen atoms in total. The number of ether oxygens (including phenoxy) is 4. The molecule has 0 saturated carbocycles. The third-order valence-corrected chi connectivity index (χ3v) is 4.19. The summed E-state index contributed by atoms with van der Waals surface area (Å²) >= 11 is 6.59. The second-order valence-corrected chi connectivity index (χ2v) is 8.87. The first-order valence-corrected chi connectivity index (χ1v) is 10.7. The van der Waals surface area contributed by atoms with Gasteiger partial charge >= 0.3 is 0 Å². The number of hydrogen-bond donors (Lipinski definition) is 0. The molecule has 0 atom stereocenters. The van der Waals surface area contributed by atoms with E-state index in [9.17, 15) is 0 Å². The van der Waals surface area contributed by atoms with E-state index >= 15 is 0 Å². The van der Waals surface area contributed by atoms with Gasteiger partial charge in [-0.05, 0) is 77.5 Å². The van der Waals surface area contributed by atoms with Crippen LogP contribution in [0.4, 0.5) is 0 Å². The van der Waals surface area contributed by atoms with Crippen LogP contribution in [0.2, 0.25) is 0 Å². The number of rotatable bonds is 14. The van der Waals surface area contributed by atoms with Crippen molar-refractivity contribution in [3.63, 3.8) is 0 Å². The number of benzene rings is 1. The Morgan fingerprint density at radius 2 is 1.54 bits per heavy atom. The monoisotopic (exact) mass is 521 g/mol. The van der Waals surface area contributed by atoms with Gasteiger partial charge in [0.05, 0.1) is 29.9 Å². The van der Waals surface area contributed by atoms with E-state index in [0.29, 0.717) is 42.8 Å². The number of hydrogen-bond acceptors (Lipinski definition) is 6. The standard InChI is InChI=1S/C20H29Br2NO5/c1-15(2)23-28-11-8-6-5-7-10-27-20-17(24-3)13-16(14-18(20)25-4)26-12-9-19(21)22/h9,13-14H,5-8,10-12H2,1-4H3. The molecular formula is C20H29Br2NO5. The van der Waals surface area contributed by atoms with Gasteiger partial charge in [-0.2, -0.15) is 0 Å². The molecule has 0 unspecified atom stereocenters. The van der Waals surface area contributed by atoms with Crippen molar-refractivity contribution in [2.45, 2.75) is 39.5 Å². The Kier molecular flexibility index (Phi) is 12.8. The molecule has 0 amide bonds. The molecule has 0 radical (unpaired) electrons. The highest BCUT2D eigenvalue weighted by Gasteiger charge is 2.15. The third-order valence-electron chi connectivity index (χ3n) is 3.55. The number of methoxy groups -OCH3 is 2. The van der Waals surface area contributed by atoms with Crippen molar-refractivity contribution in [1.29, 1.82) is 0 Å². The van der Waals surface area contributed by atoms with E-state index in [2.05, 4.69) is 37.0 Å². The van der Waals surface area contributed by atoms with E-state index in [1.807, 2.05) is 19.9 Å². The first-order chi connectivity index (χ1) is 13.5. The minimum absolute atomic E-state index is 0.408. The molecule has 0 N–H and O–H groups in total. The van der Waals surface area contributed by atoms with Crippen molar-refractivity contribution >= 4 is 37.6 Å². The lowest BCUT2D eigenvalue weighted by Crippen LogP contribution is -2.03. The molecule has 0 aliphatic heterocycles. The van der Waals surface area contributed by atoms with Crippen molar-refractivity contribution in [1.82, 2.24) is 0 Å². The van der Waals surface area contributed by atoms with Crippen LogP contribution in [-0.4, -0.2) is 39.8 Å². The fourth-order valence-electron chi connectivity index (χ4n) is 2.25. The summed E-state index contributed by atoms with van der Waals surface area (Å²) in [5, 5.41) is 3.92. The lowest BCUT2D eigenvalue weighted by atomic mass is 10.2. The molecule has 1 aromatic rings. The lowest BCUT2D eigenvalue weighted by Gasteiger charge is -2.16. The maximum Gasteiger partial charge on any atom is 0.203 e. The molecular weight excluding hydrogens is 494 g/mol. The zero-order valence-electron chi connectivity index (χ0n) is 16.9. The van der Waals surface area contributed by atoms with Crippen molar-refractivity contribution in [2.24, 2.45) is 5.16 Å². The van der Waals surface area contributed by atoms with Gasteiger partial charge < -0.3 is 23.8 Å². The van der Waals surface area contributed by atoms with Crippen molar-refractivity contribution in [3.8, 4) is 23.0 Å². The zero-order valence-corrected chi connectivity index (χ0v) is 20.1. The average molecular weight is 523 g/mol. The fraction of sp³-hybridized carbons (Fsp3) is 0.550. The van der Waals surface area contributed by atoms with Gasteiger partial charge in [0.1, 0.15) is 19.0 Å². The Labute approximate surface area is 184 Å². The normalized spacial score (nSPS) is 10.1. The Morgan fingerprint density at radius 3 is 2.07 bits per heavy atom. The summed E-state index contributed by atoms with van der Waals surface area (Å²) in [6.07, 6.45) is 5.89. The molecule has 0 aromatic heterocycles. The van der Waals surface area contributed by atoms with E-state index in [1.165, 1.54) is 0 Å². The van der Waals surface area contributed by atoms with Gasteiger partial charge in [-0.1, -0.05) is 5.16 Å². The summed E-state index contributed by atoms with van der Waals surface area (Å²) in [5.74, 6) is 2.39. The van der Waals surface area contributed by atoms with Crippen LogP contribution in [0.3, 0.4) is 0 Å². The van der Waals surface area contributed by atoms with E-state index in [0.717, 1.165) is 34.8 Å². The van der Waals surface area contributed by atoms with Gasteiger partial charge in [-0.25, -0.2) is 0 Å². The molecule has 0 aliphatic rings. The molecule has 0 aliphatic carbocycles. The third kappa shape index (κ3) is 10.2. The van der Waals surface area contributed by atoms with Crippen LogP contribution in [0, 0.1) is 0 Å². The molecule has 0 fully saturated rings. The van der Waals surface area contributed by atoms with Crippen LogP contribution in [-0.2, 0) is 4.84 Å². The second kappa shape index (κ2) is 14.6. The minimum atomic E-state index is 0.408. The van der Waals surface area contributed by atoms with E-state index in [1.54, 1.807) is 26.4 Å². The summed E-state index contributed by atoms with van der Waals surface area (Å²) in [4.78, 5) is 5.19. The van der Waals surface area contributed by atoms with Crippen LogP contribution < -0.4 is 18.9 Å². The van der Waals surface area contributed by atoms with Crippen molar-refractivity contribution in [2.75, 3.05) is 34.0 Å². The van der Waals surface area contributed by atoms with Gasteiger partial charge in [-0.15, -0.1) is 0 Å². The van der Waals surface area contributed by atoms with Crippen LogP contribution in [0.5, 0.6) is 23.0 Å². The molecule has 0 saturated heterocycles. The summed E-state index contributed by atoms with van der Waals surface area (Å²) in [6.45, 7) is 5.47. The predicted octanol–water partition coefficient (Wildman–Crippen LogP) is 6.07. The van der Waals surface area contributed by atoms with E-state index < -0.39 is 0 Å². The first kappa shape index (κ1) is 24.6. The zero-order chi connectivity index (χ0) is 20.8. The van der Waals surface area contributed by atoms with Gasteiger partial charge in [0.2, 0.25) is 5.75 Å². The molecule has 1 rings (SSSR count). The van der Waals surface area contributed by atoms with E-state index in [-0.39, 0.29) is 0 Å². The van der Waals surface area contributed by atoms with Crippen LogP contribution >= 0.6 is 31.9 Å². The first-order valence-electron chi connectivity index (χ1n) is 9.13. The molecule has 28 heavy (non-hydrogen) atoms. The predicted molar refractivity (Wildman–Crippen MR) is 120 cm³/mol. The quantitative estimate of drug-likeness (QED) is 0.169. The van der Waals surface area contributed by atoms with Crippen molar-refractivity contribution < 1.29 is 23.8 Å². The molecule has 158 valence electrons. The van der Waals surface area contributed by atoms with Gasteiger partial charge in [0, 0.05) is 12.1 Å². The molecule has 8 heteroatoms. The molecule has 0 spiro atoms. The summed E-state index contributed by atoms with van der Waals surface area (Å²) in [5.41, 5.74) is 0.931. The maximum atomic E-state index is 5.92. The molecule has 0 bridgehead atoms. The van der Waals surface area contributed by atoms with Gasteiger partial charge in [-0.3, -0.25) is 0 Å². The minimum Gasteiger partial charge on any atom is -0.493 e. The summed E-state index contributed by atoms with van der Waals surface area (Å²) in [6, 6.07) is 3.59. The topological polar surface area (TPSA) is 58.5 Å². The van der Waals surface area contributed by atoms with Crippen LogP contribution in [0.25, 0.3) is 0 Å². The Balaban J connectivity index is 2.48. The maximum absolute atomic E-state index is 5.92. The summed E-state index contributed by atoms with van der Waals surface area (Å²) < 4.78 is 23.3. The number of oxime groups is 1. The summed E-state index contributed by atoms with van der Waals surface area (Å²) in [7, 11) is 3.20. The van der Waals surface area contributed by atoms with Crippen LogP contribution in [0.1, 0.15) is 39.5 Å². The molecule has 1 aromatic carbocycles. The van der Waals surface area contributed by atoms with Crippen LogP contribution in [0.15, 0.2) is 26.8 Å². The highest BCUT2D eigenvalue weighted by atomic mass is 79.9. The lowest BCUT2D eigenvalue weighted by molar-refractivity contribution is 0.139. The SMILES string of the molecule is COc1cc(OCC=C(Br)Br)cc(OC)c1OCCCCCCON=C(C)C. The van der Waals surface area contributed by atoms with Gasteiger partial charge in [0.25, 0.3) is 0 Å². The fourth-order valence-corrected chi connectivity index (χ4v) is 2.52. The highest BCUT2D eigenvalue weighted by molar-refractivity contribution is 9.28. The van der Waals surface area contributed by atoms with Gasteiger partial charge in [0.15, 0.2) is 11.5 Å². The number of nitrogens with zero attached hydrogens (tertiary/aromatic N) is 1. The Morgan fingerprint density at radius 1 is 0.929 bits per heavy atom. The second-order valence-electron chi connectivity index (χ2n) is 6.10. The highest BCUT2D eigenvalue weighted by Crippen LogP contribution is 2.41. The Hall–Kier alpha value is -1.41. The molecule has 0 heterocycles. The van der Waals surface area contributed by atoms with Crippen molar-refractivity contribution in [3.05, 3.63) is 21.6 Å². The smallest absolute Gasteiger partial charge is 0.203 e. The number of halogens is 2. The average Bonchev–Trinajstić information content (AvgIpc) is 2.66. The number of unbranched alkanes of at least 4 members (excludes halogenated alkanes) is 3. The Bertz CT molecular complexity index is 616. The van der Waals surface area contributed by atoms with E-state index in [4.69, 9.17) is 23.8 Å². The largest absolute Gasteiger partial charge is 0.493 e.